The van der Waals surface area contributed by atoms with E-state index in [1.54, 1.807) is 12.4 Å². The fraction of sp³-hybridized carbons (Fsp3) is 0.375. The monoisotopic (exact) mass is 539 g/mol. The zero-order valence-electron chi connectivity index (χ0n) is 19.3. The second-order valence-corrected chi connectivity index (χ2v) is 9.17. The zero-order valence-corrected chi connectivity index (χ0v) is 20.1. The molecule has 3 aromatic rings. The Balaban J connectivity index is 0.000000405. The molecule has 37 heavy (non-hydrogen) atoms. The summed E-state index contributed by atoms with van der Waals surface area (Å²) in [5.41, 5.74) is 1.63. The van der Waals surface area contributed by atoms with E-state index < -0.39 is 18.0 Å². The summed E-state index contributed by atoms with van der Waals surface area (Å²) in [5, 5.41) is 11.0. The second-order valence-electron chi connectivity index (χ2n) is 8.73. The van der Waals surface area contributed by atoms with Crippen molar-refractivity contribution in [3.63, 3.8) is 0 Å². The maximum absolute atomic E-state index is 14.1. The Hall–Kier alpha value is -3.54. The second kappa shape index (κ2) is 10.8. The molecule has 0 radical (unpaired) electrons. The van der Waals surface area contributed by atoms with Gasteiger partial charge in [-0.1, -0.05) is 11.6 Å². The molecule has 2 aromatic heterocycles. The van der Waals surface area contributed by atoms with Gasteiger partial charge in [0.15, 0.2) is 17.4 Å². The van der Waals surface area contributed by atoms with Crippen molar-refractivity contribution in [1.29, 1.82) is 0 Å². The van der Waals surface area contributed by atoms with Crippen LogP contribution >= 0.6 is 11.6 Å². The van der Waals surface area contributed by atoms with E-state index in [4.69, 9.17) is 31.5 Å². The number of carboxylic acids is 1. The van der Waals surface area contributed by atoms with Crippen LogP contribution in [0.15, 0.2) is 36.7 Å². The molecule has 0 unspecified atom stereocenters. The minimum atomic E-state index is -5.08. The third kappa shape index (κ3) is 6.62. The zero-order chi connectivity index (χ0) is 26.7. The van der Waals surface area contributed by atoms with Crippen LogP contribution in [0.3, 0.4) is 0 Å². The number of benzene rings is 1. The Kier molecular flexibility index (Phi) is 7.76. The number of fused-ring (bicyclic) bond motifs is 1. The average Bonchev–Trinajstić information content (AvgIpc) is 3.69. The number of aliphatic carboxylic acids is 1. The number of piperidine rings is 1. The van der Waals surface area contributed by atoms with Crippen molar-refractivity contribution in [3.8, 4) is 0 Å². The van der Waals surface area contributed by atoms with Crippen LogP contribution in [0.5, 0.6) is 0 Å². The highest BCUT2D eigenvalue weighted by atomic mass is 35.5. The molecule has 5 rings (SSSR count). The maximum atomic E-state index is 14.1. The number of carbonyl (C=O) groups excluding carboxylic acids is 1. The van der Waals surface area contributed by atoms with Crippen LogP contribution in [0.4, 0.5) is 29.2 Å². The summed E-state index contributed by atoms with van der Waals surface area (Å²) in [4.78, 5) is 37.6. The Labute approximate surface area is 213 Å². The van der Waals surface area contributed by atoms with Crippen LogP contribution in [0.25, 0.3) is 11.0 Å². The highest BCUT2D eigenvalue weighted by molar-refractivity contribution is 6.31. The lowest BCUT2D eigenvalue weighted by atomic mass is 9.88. The molecule has 8 nitrogen and oxygen atoms in total. The number of hydrogen-bond acceptors (Lipinski definition) is 7. The van der Waals surface area contributed by atoms with Gasteiger partial charge in [0.05, 0.1) is 17.3 Å². The van der Waals surface area contributed by atoms with Gasteiger partial charge in [0, 0.05) is 36.3 Å². The molecule has 1 saturated carbocycles. The van der Waals surface area contributed by atoms with E-state index in [1.165, 1.54) is 18.2 Å². The molecule has 0 bridgehead atoms. The molecule has 1 aliphatic heterocycles. The van der Waals surface area contributed by atoms with Gasteiger partial charge in [0.1, 0.15) is 11.3 Å². The van der Waals surface area contributed by atoms with Gasteiger partial charge >= 0.3 is 12.1 Å². The molecule has 2 fully saturated rings. The number of pyridine rings is 1. The number of alkyl halides is 3. The lowest BCUT2D eigenvalue weighted by Gasteiger charge is -2.33. The van der Waals surface area contributed by atoms with Crippen molar-refractivity contribution in [3.05, 3.63) is 53.1 Å². The molecule has 2 N–H and O–H groups in total. The van der Waals surface area contributed by atoms with E-state index in [0.717, 1.165) is 35.5 Å². The Morgan fingerprint density at radius 2 is 1.73 bits per heavy atom. The summed E-state index contributed by atoms with van der Waals surface area (Å²) in [6.45, 7) is 1.30. The first kappa shape index (κ1) is 26.5. The summed E-state index contributed by atoms with van der Waals surface area (Å²) in [7, 11) is 0. The third-order valence-electron chi connectivity index (χ3n) is 5.97. The topological polar surface area (TPSA) is 108 Å². The standard InChI is InChI=1S/C22H21ClFN5O.C2HF3O2/c23-14-1-4-17(24)16(11-14)20(30)13-6-9-29(10-7-13)22-21(26-15-2-3-15)27-18-5-8-25-12-19(18)28-22;3-2(4,5)1(6)7/h1,4-5,8,11-13,15H,2-3,6-7,9-10H2,(H,26,27);(H,6,7). The highest BCUT2D eigenvalue weighted by Crippen LogP contribution is 2.33. The minimum absolute atomic E-state index is 0.0774. The van der Waals surface area contributed by atoms with Crippen molar-refractivity contribution in [2.45, 2.75) is 37.9 Å². The van der Waals surface area contributed by atoms with Crippen LogP contribution in [0, 0.1) is 11.7 Å². The molecule has 1 saturated heterocycles. The van der Waals surface area contributed by atoms with Crippen molar-refractivity contribution in [1.82, 2.24) is 15.0 Å². The molecular weight excluding hydrogens is 518 g/mol. The summed E-state index contributed by atoms with van der Waals surface area (Å²) >= 11 is 5.96. The number of ketones is 1. The van der Waals surface area contributed by atoms with E-state index in [0.29, 0.717) is 37.0 Å². The number of aromatic nitrogens is 3. The van der Waals surface area contributed by atoms with Gasteiger partial charge in [0.25, 0.3) is 0 Å². The number of carbonyl (C=O) groups is 2. The molecule has 3 heterocycles. The fourth-order valence-electron chi connectivity index (χ4n) is 3.90. The van der Waals surface area contributed by atoms with Gasteiger partial charge in [-0.05, 0) is 49.9 Å². The number of Topliss-reactive ketones (excluding diaryl/α,β-unsaturated/α-hetero) is 1. The first-order chi connectivity index (χ1) is 17.5. The largest absolute Gasteiger partial charge is 0.490 e. The number of carboxylic acid groups (broad SMARTS) is 1. The Morgan fingerprint density at radius 1 is 1.05 bits per heavy atom. The quantitative estimate of drug-likeness (QED) is 0.339. The molecule has 0 amide bonds. The Morgan fingerprint density at radius 3 is 2.35 bits per heavy atom. The fourth-order valence-corrected chi connectivity index (χ4v) is 4.07. The lowest BCUT2D eigenvalue weighted by molar-refractivity contribution is -0.192. The van der Waals surface area contributed by atoms with Crippen molar-refractivity contribution >= 4 is 46.0 Å². The normalized spacial score (nSPS) is 16.2. The predicted molar refractivity (Wildman–Crippen MR) is 128 cm³/mol. The van der Waals surface area contributed by atoms with Gasteiger partial charge in [-0.25, -0.2) is 19.2 Å². The van der Waals surface area contributed by atoms with Gasteiger partial charge < -0.3 is 15.3 Å². The van der Waals surface area contributed by atoms with Gasteiger partial charge in [0.2, 0.25) is 0 Å². The van der Waals surface area contributed by atoms with E-state index in [2.05, 4.69) is 15.2 Å². The summed E-state index contributed by atoms with van der Waals surface area (Å²) in [6.07, 6.45) is 1.87. The number of rotatable bonds is 5. The van der Waals surface area contributed by atoms with Crippen molar-refractivity contribution in [2.24, 2.45) is 5.92 Å². The molecule has 2 aliphatic rings. The smallest absolute Gasteiger partial charge is 0.475 e. The highest BCUT2D eigenvalue weighted by Gasteiger charge is 2.38. The van der Waals surface area contributed by atoms with Crippen LogP contribution in [0.2, 0.25) is 5.02 Å². The Bertz CT molecular complexity index is 1310. The average molecular weight is 540 g/mol. The summed E-state index contributed by atoms with van der Waals surface area (Å²) in [5.74, 6) is -2.11. The molecular formula is C24H22ClF4N5O3. The number of hydrogen-bond donors (Lipinski definition) is 2. The van der Waals surface area contributed by atoms with Gasteiger partial charge in [-0.2, -0.15) is 13.2 Å². The molecule has 0 spiro atoms. The first-order valence-corrected chi connectivity index (χ1v) is 11.8. The lowest BCUT2D eigenvalue weighted by Crippen LogP contribution is -2.37. The van der Waals surface area contributed by atoms with Crippen molar-refractivity contribution < 1.29 is 32.3 Å². The summed E-state index contributed by atoms with van der Waals surface area (Å²) < 4.78 is 45.9. The minimum Gasteiger partial charge on any atom is -0.475 e. The van der Waals surface area contributed by atoms with Gasteiger partial charge in [-0.15, -0.1) is 0 Å². The number of halogens is 5. The molecule has 0 atom stereocenters. The van der Waals surface area contributed by atoms with Crippen molar-refractivity contribution in [2.75, 3.05) is 23.3 Å². The maximum Gasteiger partial charge on any atom is 0.490 e. The number of nitrogens with one attached hydrogen (secondary N) is 1. The van der Waals surface area contributed by atoms with Gasteiger partial charge in [-0.3, -0.25) is 9.78 Å². The van der Waals surface area contributed by atoms with Crippen LogP contribution in [0.1, 0.15) is 36.0 Å². The van der Waals surface area contributed by atoms with E-state index in [-0.39, 0.29) is 17.3 Å². The molecule has 196 valence electrons. The third-order valence-corrected chi connectivity index (χ3v) is 6.20. The van der Waals surface area contributed by atoms with E-state index in [1.807, 2.05) is 6.07 Å². The number of anilines is 2. The van der Waals surface area contributed by atoms with Crippen LogP contribution < -0.4 is 10.2 Å². The van der Waals surface area contributed by atoms with E-state index >= 15 is 0 Å². The SMILES string of the molecule is O=C(O)C(F)(F)F.O=C(c1cc(Cl)ccc1F)C1CCN(c2nc3cnccc3nc2NC2CC2)CC1. The van der Waals surface area contributed by atoms with Crippen LogP contribution in [-0.4, -0.2) is 57.1 Å². The molecule has 13 heteroatoms. The molecule has 1 aromatic carbocycles. The molecule has 1 aliphatic carbocycles. The first-order valence-electron chi connectivity index (χ1n) is 11.5. The number of nitrogens with zero attached hydrogens (tertiary/aromatic N) is 4. The van der Waals surface area contributed by atoms with E-state index in [9.17, 15) is 22.4 Å². The summed E-state index contributed by atoms with van der Waals surface area (Å²) in [6, 6.07) is 6.43. The predicted octanol–water partition coefficient (Wildman–Crippen LogP) is 5.12. The van der Waals surface area contributed by atoms with Crippen LogP contribution in [-0.2, 0) is 4.79 Å².